The van der Waals surface area contributed by atoms with Crippen LogP contribution in [0, 0.1) is 0 Å². The van der Waals surface area contributed by atoms with E-state index >= 15 is 0 Å². The van der Waals surface area contributed by atoms with Crippen molar-refractivity contribution in [2.24, 2.45) is 4.99 Å². The minimum Gasteiger partial charge on any atom is -0.381 e. The molecule has 1 fully saturated rings. The molecular formula is C11H14ClN3O. The molecule has 1 saturated heterocycles. The number of aliphatic imine (C=N–C) groups is 1. The van der Waals surface area contributed by atoms with E-state index in [9.17, 15) is 0 Å². The lowest BCUT2D eigenvalue weighted by molar-refractivity contribution is 0.0828. The van der Waals surface area contributed by atoms with Gasteiger partial charge in [0.2, 0.25) is 0 Å². The monoisotopic (exact) mass is 239 g/mol. The summed E-state index contributed by atoms with van der Waals surface area (Å²) >= 11 is 6.06. The summed E-state index contributed by atoms with van der Waals surface area (Å²) in [6.07, 6.45) is 3.96. The topological polar surface area (TPSA) is 39.4 Å². The van der Waals surface area contributed by atoms with Crippen molar-refractivity contribution in [3.8, 4) is 0 Å². The first-order valence-corrected chi connectivity index (χ1v) is 6.07. The average molecular weight is 240 g/mol. The maximum Gasteiger partial charge on any atom is 0.149 e. The number of hydrogen-bond donors (Lipinski definition) is 0. The van der Waals surface area contributed by atoms with Crippen LogP contribution >= 0.6 is 11.6 Å². The third-order valence-corrected chi connectivity index (χ3v) is 3.57. The van der Waals surface area contributed by atoms with Crippen molar-refractivity contribution < 1.29 is 4.74 Å². The molecule has 4 nitrogen and oxygen atoms in total. The van der Waals surface area contributed by atoms with Gasteiger partial charge in [0.15, 0.2) is 0 Å². The normalized spacial score (nSPS) is 21.7. The van der Waals surface area contributed by atoms with Gasteiger partial charge in [0.05, 0.1) is 18.4 Å². The molecule has 0 amide bonds. The molecule has 86 valence electrons. The van der Waals surface area contributed by atoms with Crippen LogP contribution in [0.5, 0.6) is 0 Å². The van der Waals surface area contributed by atoms with Crippen LogP contribution in [0.15, 0.2) is 11.2 Å². The number of nitrogens with zero attached hydrogens (tertiary/aromatic N) is 3. The first-order valence-electron chi connectivity index (χ1n) is 5.70. The third kappa shape index (κ3) is 1.66. The maximum absolute atomic E-state index is 6.06. The van der Waals surface area contributed by atoms with Gasteiger partial charge in [0.1, 0.15) is 11.0 Å². The Morgan fingerprint density at radius 1 is 1.38 bits per heavy atom. The molecule has 0 aliphatic carbocycles. The molecule has 0 radical (unpaired) electrons. The predicted octanol–water partition coefficient (Wildman–Crippen LogP) is 1.78. The van der Waals surface area contributed by atoms with Crippen LogP contribution in [-0.4, -0.2) is 34.5 Å². The van der Waals surface area contributed by atoms with E-state index in [1.807, 2.05) is 6.20 Å². The molecule has 0 unspecified atom stereocenters. The van der Waals surface area contributed by atoms with Gasteiger partial charge in [-0.3, -0.25) is 4.99 Å². The van der Waals surface area contributed by atoms with E-state index in [4.69, 9.17) is 16.3 Å². The molecule has 1 aromatic heterocycles. The Hall–Kier alpha value is -0.870. The molecule has 16 heavy (non-hydrogen) atoms. The van der Waals surface area contributed by atoms with Crippen LogP contribution in [0.4, 0.5) is 0 Å². The van der Waals surface area contributed by atoms with Crippen molar-refractivity contribution >= 4 is 16.8 Å². The number of halogens is 1. The Morgan fingerprint density at radius 3 is 3.00 bits per heavy atom. The number of ether oxygens (including phenoxy) is 1. The van der Waals surface area contributed by atoms with Crippen molar-refractivity contribution in [3.05, 3.63) is 17.7 Å². The van der Waals surface area contributed by atoms with E-state index in [1.54, 1.807) is 0 Å². The molecule has 2 aliphatic rings. The van der Waals surface area contributed by atoms with Crippen LogP contribution in [0.25, 0.3) is 0 Å². The average Bonchev–Trinajstić information content (AvgIpc) is 2.75. The molecule has 0 N–H and O–H groups in total. The van der Waals surface area contributed by atoms with E-state index < -0.39 is 0 Å². The fourth-order valence-corrected chi connectivity index (χ4v) is 2.64. The second kappa shape index (κ2) is 4.18. The van der Waals surface area contributed by atoms with Gasteiger partial charge in [-0.15, -0.1) is 0 Å². The quantitative estimate of drug-likeness (QED) is 0.750. The molecule has 0 spiro atoms. The van der Waals surface area contributed by atoms with Crippen LogP contribution in [0.1, 0.15) is 30.3 Å². The van der Waals surface area contributed by atoms with Crippen LogP contribution in [-0.2, 0) is 11.3 Å². The molecule has 0 aromatic carbocycles. The standard InChI is InChI=1S/C11H14ClN3O/c12-10-9-7-14-11(15(9)4-3-13-10)8-1-5-16-6-2-8/h7-8H,1-6H2. The minimum atomic E-state index is 0.519. The van der Waals surface area contributed by atoms with Crippen LogP contribution in [0.2, 0.25) is 0 Å². The second-order valence-electron chi connectivity index (χ2n) is 4.21. The smallest absolute Gasteiger partial charge is 0.149 e. The summed E-state index contributed by atoms with van der Waals surface area (Å²) in [5, 5.41) is 0.594. The van der Waals surface area contributed by atoms with E-state index in [2.05, 4.69) is 14.5 Å². The number of hydrogen-bond acceptors (Lipinski definition) is 3. The van der Waals surface area contributed by atoms with Gasteiger partial charge in [0.25, 0.3) is 0 Å². The lowest BCUT2D eigenvalue weighted by Gasteiger charge is -2.23. The SMILES string of the molecule is ClC1=NCCn2c1cnc2C1CCOCC1. The van der Waals surface area contributed by atoms with Gasteiger partial charge in [-0.25, -0.2) is 4.98 Å². The number of fused-ring (bicyclic) bond motifs is 1. The zero-order valence-corrected chi connectivity index (χ0v) is 9.78. The Balaban J connectivity index is 1.93. The minimum absolute atomic E-state index is 0.519. The molecule has 3 heterocycles. The van der Waals surface area contributed by atoms with Gasteiger partial charge in [0, 0.05) is 25.7 Å². The van der Waals surface area contributed by atoms with Crippen molar-refractivity contribution in [2.75, 3.05) is 19.8 Å². The highest BCUT2D eigenvalue weighted by Crippen LogP contribution is 2.28. The lowest BCUT2D eigenvalue weighted by Crippen LogP contribution is -2.22. The Kier molecular flexibility index (Phi) is 2.69. The summed E-state index contributed by atoms with van der Waals surface area (Å²) in [6.45, 7) is 3.35. The highest BCUT2D eigenvalue weighted by Gasteiger charge is 2.24. The van der Waals surface area contributed by atoms with Crippen molar-refractivity contribution in [3.63, 3.8) is 0 Å². The van der Waals surface area contributed by atoms with Crippen molar-refractivity contribution in [1.29, 1.82) is 0 Å². The molecule has 3 rings (SSSR count). The van der Waals surface area contributed by atoms with Gasteiger partial charge < -0.3 is 9.30 Å². The fraction of sp³-hybridized carbons (Fsp3) is 0.636. The Morgan fingerprint density at radius 2 is 2.19 bits per heavy atom. The summed E-state index contributed by atoms with van der Waals surface area (Å²) in [5.41, 5.74) is 0.967. The van der Waals surface area contributed by atoms with E-state index in [-0.39, 0.29) is 0 Å². The lowest BCUT2D eigenvalue weighted by atomic mass is 9.99. The van der Waals surface area contributed by atoms with Gasteiger partial charge in [-0.2, -0.15) is 0 Å². The van der Waals surface area contributed by atoms with Crippen LogP contribution < -0.4 is 0 Å². The largest absolute Gasteiger partial charge is 0.381 e. The molecule has 5 heteroatoms. The zero-order chi connectivity index (χ0) is 11.0. The summed E-state index contributed by atoms with van der Waals surface area (Å²) in [5.74, 6) is 1.68. The molecule has 2 aliphatic heterocycles. The molecule has 0 atom stereocenters. The molecular weight excluding hydrogens is 226 g/mol. The Labute approximate surface area is 99.3 Å². The first-order chi connectivity index (χ1) is 7.86. The molecule has 0 bridgehead atoms. The Bertz CT molecular complexity index is 421. The highest BCUT2D eigenvalue weighted by molar-refractivity contribution is 6.69. The fourth-order valence-electron chi connectivity index (χ4n) is 2.40. The highest BCUT2D eigenvalue weighted by atomic mass is 35.5. The second-order valence-corrected chi connectivity index (χ2v) is 4.57. The summed E-state index contributed by atoms with van der Waals surface area (Å²) in [4.78, 5) is 8.74. The summed E-state index contributed by atoms with van der Waals surface area (Å²) < 4.78 is 7.59. The number of imidazole rings is 1. The number of rotatable bonds is 1. The van der Waals surface area contributed by atoms with E-state index in [0.717, 1.165) is 50.7 Å². The van der Waals surface area contributed by atoms with Crippen LogP contribution in [0.3, 0.4) is 0 Å². The van der Waals surface area contributed by atoms with Crippen molar-refractivity contribution in [2.45, 2.75) is 25.3 Å². The van der Waals surface area contributed by atoms with Crippen molar-refractivity contribution in [1.82, 2.24) is 9.55 Å². The molecule has 1 aromatic rings. The van der Waals surface area contributed by atoms with Gasteiger partial charge in [-0.1, -0.05) is 11.6 Å². The summed E-state index contributed by atoms with van der Waals surface area (Å²) in [6, 6.07) is 0. The third-order valence-electron chi connectivity index (χ3n) is 3.26. The van der Waals surface area contributed by atoms with E-state index in [1.165, 1.54) is 0 Å². The first kappa shape index (κ1) is 10.3. The number of aromatic nitrogens is 2. The summed E-state index contributed by atoms with van der Waals surface area (Å²) in [7, 11) is 0. The van der Waals surface area contributed by atoms with Gasteiger partial charge >= 0.3 is 0 Å². The van der Waals surface area contributed by atoms with E-state index in [0.29, 0.717) is 11.1 Å². The zero-order valence-electron chi connectivity index (χ0n) is 9.03. The predicted molar refractivity (Wildman–Crippen MR) is 62.3 cm³/mol. The maximum atomic E-state index is 6.06. The molecule has 0 saturated carbocycles. The van der Waals surface area contributed by atoms with Gasteiger partial charge in [-0.05, 0) is 12.8 Å².